The van der Waals surface area contributed by atoms with Gasteiger partial charge in [-0.1, -0.05) is 12.1 Å². The van der Waals surface area contributed by atoms with Crippen LogP contribution in [0.2, 0.25) is 0 Å². The molecule has 0 unspecified atom stereocenters. The topological polar surface area (TPSA) is 97.6 Å². The highest BCUT2D eigenvalue weighted by molar-refractivity contribution is 6.10. The van der Waals surface area contributed by atoms with Crippen LogP contribution in [0.15, 0.2) is 65.3 Å². The maximum Gasteiger partial charge on any atom is 0.342 e. The lowest BCUT2D eigenvalue weighted by Crippen LogP contribution is -2.23. The highest BCUT2D eigenvalue weighted by Crippen LogP contribution is 2.18. The Labute approximate surface area is 165 Å². The largest absolute Gasteiger partial charge is 0.469 e. The third-order valence-corrected chi connectivity index (χ3v) is 3.96. The van der Waals surface area contributed by atoms with Crippen molar-refractivity contribution in [3.05, 3.63) is 83.6 Å². The molecule has 1 aromatic heterocycles. The van der Waals surface area contributed by atoms with Gasteiger partial charge in [0.15, 0.2) is 6.61 Å². The highest BCUT2D eigenvalue weighted by atomic mass is 19.1. The van der Waals surface area contributed by atoms with Gasteiger partial charge in [0.1, 0.15) is 17.1 Å². The maximum absolute atomic E-state index is 13.0. The number of carbonyl (C=O) groups excluding carboxylic acids is 3. The molecule has 148 valence electrons. The average molecular weight is 396 g/mol. The molecule has 0 spiro atoms. The second-order valence-corrected chi connectivity index (χ2v) is 6.02. The van der Waals surface area contributed by atoms with Crippen LogP contribution in [0.3, 0.4) is 0 Å². The van der Waals surface area contributed by atoms with E-state index in [1.165, 1.54) is 42.7 Å². The van der Waals surface area contributed by atoms with Gasteiger partial charge in [-0.05, 0) is 49.4 Å². The van der Waals surface area contributed by atoms with Crippen LogP contribution in [0, 0.1) is 12.7 Å². The molecule has 0 aliphatic carbocycles. The lowest BCUT2D eigenvalue weighted by molar-refractivity contribution is -0.119. The molecule has 8 heteroatoms. The lowest BCUT2D eigenvalue weighted by Gasteiger charge is -2.11. The summed E-state index contributed by atoms with van der Waals surface area (Å²) in [6, 6.07) is 13.1. The molecule has 3 aromatic rings. The smallest absolute Gasteiger partial charge is 0.342 e. The van der Waals surface area contributed by atoms with Gasteiger partial charge in [0, 0.05) is 5.69 Å². The summed E-state index contributed by atoms with van der Waals surface area (Å²) in [5, 5.41) is 5.16. The van der Waals surface area contributed by atoms with Crippen LogP contribution < -0.4 is 10.6 Å². The van der Waals surface area contributed by atoms with Gasteiger partial charge in [-0.15, -0.1) is 0 Å². The van der Waals surface area contributed by atoms with Gasteiger partial charge in [-0.2, -0.15) is 0 Å². The van der Waals surface area contributed by atoms with E-state index >= 15 is 0 Å². The van der Waals surface area contributed by atoms with Gasteiger partial charge >= 0.3 is 5.97 Å². The molecule has 0 aliphatic rings. The third kappa shape index (κ3) is 5.07. The van der Waals surface area contributed by atoms with Crippen molar-refractivity contribution in [2.24, 2.45) is 0 Å². The molecule has 0 bridgehead atoms. The van der Waals surface area contributed by atoms with Crippen LogP contribution in [0.25, 0.3) is 0 Å². The molecule has 2 N–H and O–H groups in total. The minimum atomic E-state index is -0.686. The summed E-state index contributed by atoms with van der Waals surface area (Å²) in [7, 11) is 0. The number of para-hydroxylation sites is 1. The molecule has 0 saturated heterocycles. The second kappa shape index (κ2) is 8.83. The Morgan fingerprint density at radius 3 is 2.38 bits per heavy atom. The first-order valence-electron chi connectivity index (χ1n) is 8.61. The van der Waals surface area contributed by atoms with E-state index in [4.69, 9.17) is 9.15 Å². The fourth-order valence-electron chi connectivity index (χ4n) is 2.51. The van der Waals surface area contributed by atoms with Crippen molar-refractivity contribution in [3.63, 3.8) is 0 Å². The highest BCUT2D eigenvalue weighted by Gasteiger charge is 2.17. The standard InChI is InChI=1S/C21H17FN2O5/c1-13-16(10-11-28-13)21(27)29-12-19(25)24-18-5-3-2-4-17(18)20(26)23-15-8-6-14(22)7-9-15/h2-11H,12H2,1H3,(H,23,26)(H,24,25). The first-order valence-corrected chi connectivity index (χ1v) is 8.61. The molecule has 0 aliphatic heterocycles. The van der Waals surface area contributed by atoms with Crippen molar-refractivity contribution in [2.45, 2.75) is 6.92 Å². The van der Waals surface area contributed by atoms with Crippen LogP contribution >= 0.6 is 0 Å². The number of rotatable bonds is 6. The van der Waals surface area contributed by atoms with Crippen molar-refractivity contribution in [2.75, 3.05) is 17.2 Å². The zero-order valence-electron chi connectivity index (χ0n) is 15.4. The third-order valence-electron chi connectivity index (χ3n) is 3.96. The Hall–Kier alpha value is -3.94. The summed E-state index contributed by atoms with van der Waals surface area (Å²) in [5.41, 5.74) is 1.08. The summed E-state index contributed by atoms with van der Waals surface area (Å²) < 4.78 is 23.0. The Morgan fingerprint density at radius 2 is 1.69 bits per heavy atom. The maximum atomic E-state index is 13.0. The molecule has 29 heavy (non-hydrogen) atoms. The minimum absolute atomic E-state index is 0.196. The number of nitrogens with one attached hydrogen (secondary N) is 2. The fourth-order valence-corrected chi connectivity index (χ4v) is 2.51. The SMILES string of the molecule is Cc1occc1C(=O)OCC(=O)Nc1ccccc1C(=O)Nc1ccc(F)cc1. The van der Waals surface area contributed by atoms with E-state index in [0.717, 1.165) is 0 Å². The van der Waals surface area contributed by atoms with Crippen LogP contribution in [0.5, 0.6) is 0 Å². The van der Waals surface area contributed by atoms with E-state index in [0.29, 0.717) is 11.4 Å². The lowest BCUT2D eigenvalue weighted by atomic mass is 10.1. The number of amides is 2. The number of anilines is 2. The number of aryl methyl sites for hydroxylation is 1. The Balaban J connectivity index is 1.63. The molecule has 2 amide bonds. The summed E-state index contributed by atoms with van der Waals surface area (Å²) >= 11 is 0. The number of hydrogen-bond donors (Lipinski definition) is 2. The van der Waals surface area contributed by atoms with Gasteiger partial charge in [-0.25, -0.2) is 9.18 Å². The van der Waals surface area contributed by atoms with Crippen LogP contribution in [0.4, 0.5) is 15.8 Å². The van der Waals surface area contributed by atoms with Gasteiger partial charge < -0.3 is 19.8 Å². The summed E-state index contributed by atoms with van der Waals surface area (Å²) in [6.07, 6.45) is 1.35. The number of carbonyl (C=O) groups is 3. The monoisotopic (exact) mass is 396 g/mol. The molecule has 0 fully saturated rings. The molecule has 3 rings (SSSR count). The molecule has 1 heterocycles. The summed E-state index contributed by atoms with van der Waals surface area (Å²) in [6.45, 7) is 1.07. The van der Waals surface area contributed by atoms with Gasteiger partial charge in [0.05, 0.1) is 17.5 Å². The zero-order valence-corrected chi connectivity index (χ0v) is 15.4. The van der Waals surface area contributed by atoms with Gasteiger partial charge in [0.2, 0.25) is 0 Å². The van der Waals surface area contributed by atoms with Crippen molar-refractivity contribution in [1.29, 1.82) is 0 Å². The molecular weight excluding hydrogens is 379 g/mol. The van der Waals surface area contributed by atoms with Crippen molar-refractivity contribution >= 4 is 29.2 Å². The zero-order chi connectivity index (χ0) is 20.8. The predicted octanol–water partition coefficient (Wildman–Crippen LogP) is 3.77. The first-order chi connectivity index (χ1) is 13.9. The first kappa shape index (κ1) is 19.8. The summed E-state index contributed by atoms with van der Waals surface area (Å²) in [5.74, 6) is -1.82. The van der Waals surface area contributed by atoms with Crippen molar-refractivity contribution in [1.82, 2.24) is 0 Å². The summed E-state index contributed by atoms with van der Waals surface area (Å²) in [4.78, 5) is 36.6. The number of halogens is 1. The van der Waals surface area contributed by atoms with E-state index < -0.39 is 30.2 Å². The van der Waals surface area contributed by atoms with Crippen molar-refractivity contribution < 1.29 is 27.9 Å². The van der Waals surface area contributed by atoms with E-state index in [1.807, 2.05) is 0 Å². The number of benzene rings is 2. The van der Waals surface area contributed by atoms with Crippen LogP contribution in [0.1, 0.15) is 26.5 Å². The number of ether oxygens (including phenoxy) is 1. The Kier molecular flexibility index (Phi) is 6.03. The number of esters is 1. The Bertz CT molecular complexity index is 1040. The minimum Gasteiger partial charge on any atom is -0.469 e. The molecule has 2 aromatic carbocycles. The normalized spacial score (nSPS) is 10.3. The van der Waals surface area contributed by atoms with E-state index in [2.05, 4.69) is 10.6 Å². The van der Waals surface area contributed by atoms with E-state index in [9.17, 15) is 18.8 Å². The van der Waals surface area contributed by atoms with E-state index in [1.54, 1.807) is 25.1 Å². The average Bonchev–Trinajstić information content (AvgIpc) is 3.14. The van der Waals surface area contributed by atoms with Crippen LogP contribution in [-0.2, 0) is 9.53 Å². The fraction of sp³-hybridized carbons (Fsp3) is 0.0952. The molecule has 0 atom stereocenters. The molecule has 0 saturated carbocycles. The quantitative estimate of drug-likeness (QED) is 0.618. The van der Waals surface area contributed by atoms with Gasteiger partial charge in [-0.3, -0.25) is 9.59 Å². The van der Waals surface area contributed by atoms with Crippen LogP contribution in [-0.4, -0.2) is 24.4 Å². The molecular formula is C21H17FN2O5. The number of hydrogen-bond acceptors (Lipinski definition) is 5. The predicted molar refractivity (Wildman–Crippen MR) is 103 cm³/mol. The van der Waals surface area contributed by atoms with Gasteiger partial charge in [0.25, 0.3) is 11.8 Å². The van der Waals surface area contributed by atoms with E-state index in [-0.39, 0.29) is 16.8 Å². The number of furan rings is 1. The molecule has 0 radical (unpaired) electrons. The Morgan fingerprint density at radius 1 is 0.966 bits per heavy atom. The molecule has 7 nitrogen and oxygen atoms in total. The second-order valence-electron chi connectivity index (χ2n) is 6.02. The van der Waals surface area contributed by atoms with Crippen molar-refractivity contribution in [3.8, 4) is 0 Å².